The molecule has 0 bridgehead atoms. The number of aliphatic hydroxyl groups excluding tert-OH is 2. The summed E-state index contributed by atoms with van der Waals surface area (Å²) >= 11 is 0. The van der Waals surface area contributed by atoms with Gasteiger partial charge < -0.3 is 14.9 Å². The Balaban J connectivity index is 5.21. The number of carbonyl (C=O) groups excluding carboxylic acids is 1. The molecule has 0 saturated heterocycles. The molecule has 0 heterocycles. The highest BCUT2D eigenvalue weighted by atomic mass is 16.6. The third-order valence-electron chi connectivity index (χ3n) is 4.59. The van der Waals surface area contributed by atoms with E-state index in [4.69, 9.17) is 4.74 Å². The van der Waals surface area contributed by atoms with Gasteiger partial charge in [-0.1, -0.05) is 54.4 Å². The third kappa shape index (κ3) is 4.19. The van der Waals surface area contributed by atoms with Crippen molar-refractivity contribution in [2.45, 2.75) is 79.6 Å². The largest absolute Gasteiger partial charge is 0.435 e. The molecule has 0 spiro atoms. The highest BCUT2D eigenvalue weighted by molar-refractivity contribution is 5.71. The Bertz CT molecular complexity index is 280. The standard InChI is InChI=1S/C16H32O4/c1-7-12(8-2)13(17)16(9-3,10-4)15(19)20-14(18)11(5)6/h11-13,15,17,19H,7-10H2,1-6H3. The van der Waals surface area contributed by atoms with Gasteiger partial charge in [0.05, 0.1) is 17.4 Å². The van der Waals surface area contributed by atoms with Gasteiger partial charge in [-0.05, 0) is 18.8 Å². The van der Waals surface area contributed by atoms with Crippen molar-refractivity contribution in [1.82, 2.24) is 0 Å². The monoisotopic (exact) mass is 288 g/mol. The minimum Gasteiger partial charge on any atom is -0.435 e. The number of carbonyl (C=O) groups is 1. The first kappa shape index (κ1) is 19.4. The zero-order valence-corrected chi connectivity index (χ0v) is 13.8. The Morgan fingerprint density at radius 1 is 1.05 bits per heavy atom. The van der Waals surface area contributed by atoms with Crippen LogP contribution in [0.2, 0.25) is 0 Å². The van der Waals surface area contributed by atoms with E-state index in [0.717, 1.165) is 12.8 Å². The smallest absolute Gasteiger partial charge is 0.310 e. The van der Waals surface area contributed by atoms with Crippen molar-refractivity contribution in [1.29, 1.82) is 0 Å². The fourth-order valence-corrected chi connectivity index (χ4v) is 2.73. The van der Waals surface area contributed by atoms with Gasteiger partial charge in [0.1, 0.15) is 0 Å². The molecule has 4 nitrogen and oxygen atoms in total. The van der Waals surface area contributed by atoms with Crippen molar-refractivity contribution in [3.63, 3.8) is 0 Å². The van der Waals surface area contributed by atoms with Gasteiger partial charge in [0.15, 0.2) is 0 Å². The number of rotatable bonds is 9. The summed E-state index contributed by atoms with van der Waals surface area (Å²) in [5.74, 6) is -0.621. The highest BCUT2D eigenvalue weighted by Gasteiger charge is 2.46. The highest BCUT2D eigenvalue weighted by Crippen LogP contribution is 2.40. The van der Waals surface area contributed by atoms with Crippen LogP contribution in [0.25, 0.3) is 0 Å². The van der Waals surface area contributed by atoms with Crippen LogP contribution in [0, 0.1) is 17.3 Å². The van der Waals surface area contributed by atoms with Crippen molar-refractivity contribution >= 4 is 5.97 Å². The van der Waals surface area contributed by atoms with E-state index < -0.39 is 23.8 Å². The van der Waals surface area contributed by atoms with Gasteiger partial charge in [-0.2, -0.15) is 0 Å². The predicted molar refractivity (Wildman–Crippen MR) is 80.0 cm³/mol. The number of ether oxygens (including phenoxy) is 1. The number of hydrogen-bond donors (Lipinski definition) is 2. The molecular formula is C16H32O4. The second-order valence-electron chi connectivity index (χ2n) is 5.91. The van der Waals surface area contributed by atoms with Crippen LogP contribution in [0.3, 0.4) is 0 Å². The fourth-order valence-electron chi connectivity index (χ4n) is 2.73. The van der Waals surface area contributed by atoms with Crippen LogP contribution in [0.1, 0.15) is 67.2 Å². The Morgan fingerprint density at radius 2 is 1.50 bits per heavy atom. The molecule has 0 aliphatic carbocycles. The maximum absolute atomic E-state index is 11.7. The van der Waals surface area contributed by atoms with Crippen LogP contribution in [0.5, 0.6) is 0 Å². The average molecular weight is 288 g/mol. The SMILES string of the molecule is CCC(CC)C(O)C(CC)(CC)C(O)OC(=O)C(C)C. The number of hydrogen-bond acceptors (Lipinski definition) is 4. The summed E-state index contributed by atoms with van der Waals surface area (Å²) in [6.45, 7) is 11.3. The van der Waals surface area contributed by atoms with Gasteiger partial charge in [0.2, 0.25) is 6.29 Å². The Labute approximate surface area is 123 Å². The lowest BCUT2D eigenvalue weighted by atomic mass is 9.70. The molecule has 2 atom stereocenters. The predicted octanol–water partition coefficient (Wildman–Crippen LogP) is 3.11. The van der Waals surface area contributed by atoms with Crippen LogP contribution in [0.4, 0.5) is 0 Å². The van der Waals surface area contributed by atoms with Crippen LogP contribution < -0.4 is 0 Å². The van der Waals surface area contributed by atoms with E-state index >= 15 is 0 Å². The first-order valence-electron chi connectivity index (χ1n) is 7.87. The topological polar surface area (TPSA) is 66.8 Å². The maximum Gasteiger partial charge on any atom is 0.310 e. The molecular weight excluding hydrogens is 256 g/mol. The molecule has 120 valence electrons. The lowest BCUT2D eigenvalue weighted by Crippen LogP contribution is -2.50. The van der Waals surface area contributed by atoms with E-state index in [0.29, 0.717) is 12.8 Å². The minimum absolute atomic E-state index is 0.0994. The lowest BCUT2D eigenvalue weighted by Gasteiger charge is -2.42. The fraction of sp³-hybridized carbons (Fsp3) is 0.938. The molecule has 0 rings (SSSR count). The van der Waals surface area contributed by atoms with E-state index in [1.165, 1.54) is 0 Å². The van der Waals surface area contributed by atoms with Gasteiger partial charge in [0.25, 0.3) is 0 Å². The Kier molecular flexibility index (Phi) is 8.36. The van der Waals surface area contributed by atoms with Gasteiger partial charge in [0, 0.05) is 0 Å². The molecule has 20 heavy (non-hydrogen) atoms. The van der Waals surface area contributed by atoms with Gasteiger partial charge in [-0.25, -0.2) is 0 Å². The molecule has 0 aromatic heterocycles. The molecule has 0 amide bonds. The third-order valence-corrected chi connectivity index (χ3v) is 4.59. The summed E-state index contributed by atoms with van der Waals surface area (Å²) in [6.07, 6.45) is 0.862. The van der Waals surface area contributed by atoms with Crippen molar-refractivity contribution in [2.24, 2.45) is 17.3 Å². The van der Waals surface area contributed by atoms with Crippen LogP contribution in [0.15, 0.2) is 0 Å². The zero-order valence-electron chi connectivity index (χ0n) is 13.8. The summed E-state index contributed by atoms with van der Waals surface area (Å²) in [5, 5.41) is 21.1. The second kappa shape index (κ2) is 8.63. The Hall–Kier alpha value is -0.610. The molecule has 0 radical (unpaired) electrons. The molecule has 4 heteroatoms. The molecule has 0 aliphatic rings. The zero-order chi connectivity index (χ0) is 15.9. The summed E-state index contributed by atoms with van der Waals surface area (Å²) in [7, 11) is 0. The van der Waals surface area contributed by atoms with E-state index in [1.54, 1.807) is 13.8 Å². The summed E-state index contributed by atoms with van der Waals surface area (Å²) in [4.78, 5) is 11.7. The normalized spacial score (nSPS) is 15.5. The molecule has 0 fully saturated rings. The van der Waals surface area contributed by atoms with Crippen molar-refractivity contribution < 1.29 is 19.7 Å². The van der Waals surface area contributed by atoms with E-state index in [2.05, 4.69) is 0 Å². The first-order chi connectivity index (χ1) is 9.30. The van der Waals surface area contributed by atoms with E-state index in [9.17, 15) is 15.0 Å². The molecule has 2 unspecified atom stereocenters. The van der Waals surface area contributed by atoms with Crippen LogP contribution in [-0.2, 0) is 9.53 Å². The van der Waals surface area contributed by atoms with Crippen molar-refractivity contribution in [2.75, 3.05) is 0 Å². The van der Waals surface area contributed by atoms with E-state index in [1.807, 2.05) is 27.7 Å². The molecule has 0 aromatic rings. The van der Waals surface area contributed by atoms with Gasteiger partial charge >= 0.3 is 5.97 Å². The van der Waals surface area contributed by atoms with Crippen molar-refractivity contribution in [3.05, 3.63) is 0 Å². The first-order valence-corrected chi connectivity index (χ1v) is 7.87. The van der Waals surface area contributed by atoms with Gasteiger partial charge in [-0.3, -0.25) is 4.79 Å². The Morgan fingerprint density at radius 3 is 1.80 bits per heavy atom. The molecule has 2 N–H and O–H groups in total. The molecule has 0 saturated carbocycles. The summed E-state index contributed by atoms with van der Waals surface area (Å²) < 4.78 is 5.18. The minimum atomic E-state index is -1.26. The quantitative estimate of drug-likeness (QED) is 0.505. The molecule has 0 aliphatic heterocycles. The maximum atomic E-state index is 11.7. The van der Waals surface area contributed by atoms with Crippen LogP contribution >= 0.6 is 0 Å². The van der Waals surface area contributed by atoms with Gasteiger partial charge in [-0.15, -0.1) is 0 Å². The molecule has 0 aromatic carbocycles. The summed E-state index contributed by atoms with van der Waals surface area (Å²) in [5.41, 5.74) is -0.790. The lowest BCUT2D eigenvalue weighted by molar-refractivity contribution is -0.222. The van der Waals surface area contributed by atoms with Crippen molar-refractivity contribution in [3.8, 4) is 0 Å². The van der Waals surface area contributed by atoms with E-state index in [-0.39, 0.29) is 11.8 Å². The average Bonchev–Trinajstić information content (AvgIpc) is 2.42. The number of esters is 1. The number of aliphatic hydroxyl groups is 2. The second-order valence-corrected chi connectivity index (χ2v) is 5.91. The summed E-state index contributed by atoms with van der Waals surface area (Å²) in [6, 6.07) is 0. The van der Waals surface area contributed by atoms with Crippen LogP contribution in [-0.4, -0.2) is 28.6 Å².